The van der Waals surface area contributed by atoms with E-state index in [9.17, 15) is 13.2 Å². The minimum Gasteiger partial charge on any atom is -0.450 e. The average Bonchev–Trinajstić information content (AvgIpc) is 2.63. The van der Waals surface area contributed by atoms with Crippen molar-refractivity contribution < 1.29 is 17.9 Å². The molecular weight excluding hydrogens is 356 g/mol. The van der Waals surface area contributed by atoms with Gasteiger partial charge < -0.3 is 10.1 Å². The first kappa shape index (κ1) is 19.6. The average molecular weight is 378 g/mol. The number of nitrogens with zero attached hydrogens (tertiary/aromatic N) is 2. The monoisotopic (exact) mass is 378 g/mol. The van der Waals surface area contributed by atoms with E-state index >= 15 is 0 Å². The summed E-state index contributed by atoms with van der Waals surface area (Å²) in [5, 5.41) is 2.61. The first-order chi connectivity index (χ1) is 12.4. The Morgan fingerprint density at radius 2 is 1.73 bits per heavy atom. The van der Waals surface area contributed by atoms with Crippen molar-refractivity contribution in [3.8, 4) is 0 Å². The van der Waals surface area contributed by atoms with Crippen LogP contribution in [-0.4, -0.2) is 37.6 Å². The van der Waals surface area contributed by atoms with Crippen molar-refractivity contribution in [2.24, 2.45) is 0 Å². The van der Waals surface area contributed by atoms with E-state index in [1.54, 1.807) is 31.5 Å². The summed E-state index contributed by atoms with van der Waals surface area (Å²) in [6.07, 6.45) is 4.05. The number of sulfonamides is 1. The molecule has 1 aromatic heterocycles. The largest absolute Gasteiger partial charge is 0.450 e. The molecular formula is C17H22N4O4S. The van der Waals surface area contributed by atoms with Crippen molar-refractivity contribution in [1.82, 2.24) is 15.3 Å². The zero-order chi connectivity index (χ0) is 19.0. The Hall–Kier alpha value is -2.68. The van der Waals surface area contributed by atoms with E-state index in [0.717, 1.165) is 17.5 Å². The number of rotatable bonds is 8. The molecule has 8 nitrogen and oxygen atoms in total. The maximum atomic E-state index is 12.4. The lowest BCUT2D eigenvalue weighted by atomic mass is 10.1. The van der Waals surface area contributed by atoms with Gasteiger partial charge in [0.25, 0.3) is 10.0 Å². The summed E-state index contributed by atoms with van der Waals surface area (Å²) in [6, 6.07) is 6.40. The molecule has 0 radical (unpaired) electrons. The lowest BCUT2D eigenvalue weighted by Gasteiger charge is -2.08. The molecule has 0 atom stereocenters. The number of anilines is 1. The molecule has 2 N–H and O–H groups in total. The molecule has 0 fully saturated rings. The highest BCUT2D eigenvalue weighted by Crippen LogP contribution is 2.14. The van der Waals surface area contributed by atoms with Crippen LogP contribution in [0.5, 0.6) is 0 Å². The van der Waals surface area contributed by atoms with Gasteiger partial charge in [-0.2, -0.15) is 0 Å². The molecule has 0 bridgehead atoms. The third-order valence-electron chi connectivity index (χ3n) is 3.53. The number of hydrogen-bond acceptors (Lipinski definition) is 6. The van der Waals surface area contributed by atoms with Gasteiger partial charge in [-0.05, 0) is 43.0 Å². The molecule has 1 amide bonds. The summed E-state index contributed by atoms with van der Waals surface area (Å²) < 4.78 is 31.9. The van der Waals surface area contributed by atoms with Crippen molar-refractivity contribution in [3.05, 3.63) is 47.8 Å². The predicted octanol–water partition coefficient (Wildman–Crippen LogP) is 2.13. The Morgan fingerprint density at radius 1 is 1.08 bits per heavy atom. The molecule has 0 aliphatic heterocycles. The van der Waals surface area contributed by atoms with Crippen molar-refractivity contribution >= 4 is 22.1 Å². The van der Waals surface area contributed by atoms with Crippen LogP contribution < -0.4 is 10.0 Å². The second-order valence-electron chi connectivity index (χ2n) is 5.42. The fraction of sp³-hybridized carbons (Fsp3) is 0.353. The van der Waals surface area contributed by atoms with E-state index in [0.29, 0.717) is 19.6 Å². The number of ether oxygens (including phenoxy) is 1. The first-order valence-electron chi connectivity index (χ1n) is 8.28. The molecule has 0 saturated heterocycles. The first-order valence-corrected chi connectivity index (χ1v) is 9.76. The molecule has 26 heavy (non-hydrogen) atoms. The lowest BCUT2D eigenvalue weighted by Crippen LogP contribution is -2.26. The molecule has 0 aliphatic carbocycles. The fourth-order valence-electron chi connectivity index (χ4n) is 2.10. The smallest absolute Gasteiger partial charge is 0.407 e. The van der Waals surface area contributed by atoms with Crippen LogP contribution in [0.25, 0.3) is 0 Å². The zero-order valence-corrected chi connectivity index (χ0v) is 15.5. The summed E-state index contributed by atoms with van der Waals surface area (Å²) in [7, 11) is -3.76. The van der Waals surface area contributed by atoms with E-state index < -0.39 is 16.1 Å². The number of aryl methyl sites for hydroxylation is 1. The van der Waals surface area contributed by atoms with Crippen LogP contribution in [0.4, 0.5) is 10.7 Å². The normalized spacial score (nSPS) is 11.0. The van der Waals surface area contributed by atoms with Gasteiger partial charge in [-0.1, -0.05) is 19.1 Å². The molecule has 2 rings (SSSR count). The van der Waals surface area contributed by atoms with Crippen molar-refractivity contribution in [2.45, 2.75) is 31.6 Å². The molecule has 1 aromatic carbocycles. The summed E-state index contributed by atoms with van der Waals surface area (Å²) in [6.45, 7) is 4.42. The Morgan fingerprint density at radius 3 is 2.31 bits per heavy atom. The van der Waals surface area contributed by atoms with Crippen LogP contribution in [0.3, 0.4) is 0 Å². The van der Waals surface area contributed by atoms with Gasteiger partial charge in [0.15, 0.2) is 0 Å². The number of benzene rings is 1. The van der Waals surface area contributed by atoms with Crippen LogP contribution in [0.15, 0.2) is 41.6 Å². The number of amides is 1. The molecule has 2 aromatic rings. The van der Waals surface area contributed by atoms with Gasteiger partial charge in [0.1, 0.15) is 0 Å². The standard InChI is InChI=1S/C17H22N4O4S/c1-3-13-11-19-16(20-12-13)21-26(23,24)15-7-5-14(6-8-15)9-10-18-17(22)25-4-2/h5-8,11-12H,3-4,9-10H2,1-2H3,(H,18,22)(H,19,20,21). The summed E-state index contributed by atoms with van der Waals surface area (Å²) in [5.41, 5.74) is 1.82. The highest BCUT2D eigenvalue weighted by atomic mass is 32.2. The second-order valence-corrected chi connectivity index (χ2v) is 7.10. The van der Waals surface area contributed by atoms with Crippen LogP contribution in [0, 0.1) is 0 Å². The predicted molar refractivity (Wildman–Crippen MR) is 97.4 cm³/mol. The quantitative estimate of drug-likeness (QED) is 0.728. The minimum atomic E-state index is -3.76. The highest BCUT2D eigenvalue weighted by Gasteiger charge is 2.15. The van der Waals surface area contributed by atoms with Crippen LogP contribution in [0.2, 0.25) is 0 Å². The molecule has 0 unspecified atom stereocenters. The number of nitrogens with one attached hydrogen (secondary N) is 2. The van der Waals surface area contributed by atoms with Gasteiger partial charge in [0.2, 0.25) is 5.95 Å². The molecule has 140 valence electrons. The van der Waals surface area contributed by atoms with E-state index in [2.05, 4.69) is 20.0 Å². The van der Waals surface area contributed by atoms with Gasteiger partial charge in [-0.3, -0.25) is 0 Å². The zero-order valence-electron chi connectivity index (χ0n) is 14.7. The lowest BCUT2D eigenvalue weighted by molar-refractivity contribution is 0.152. The molecule has 0 saturated carbocycles. The Kier molecular flexibility index (Phi) is 6.90. The number of carbonyl (C=O) groups excluding carboxylic acids is 1. The van der Waals surface area contributed by atoms with Gasteiger partial charge in [-0.25, -0.2) is 27.9 Å². The molecule has 0 spiro atoms. The molecule has 1 heterocycles. The Labute approximate surface area is 153 Å². The van der Waals surface area contributed by atoms with Crippen LogP contribution in [0.1, 0.15) is 25.0 Å². The third kappa shape index (κ3) is 5.69. The minimum absolute atomic E-state index is 0.0323. The van der Waals surface area contributed by atoms with Gasteiger partial charge in [-0.15, -0.1) is 0 Å². The number of aromatic nitrogens is 2. The summed E-state index contributed by atoms with van der Waals surface area (Å²) >= 11 is 0. The number of carbonyl (C=O) groups is 1. The summed E-state index contributed by atoms with van der Waals surface area (Å²) in [4.78, 5) is 19.3. The van der Waals surface area contributed by atoms with Crippen molar-refractivity contribution in [2.75, 3.05) is 17.9 Å². The third-order valence-corrected chi connectivity index (χ3v) is 4.88. The van der Waals surface area contributed by atoms with Crippen LogP contribution in [-0.2, 0) is 27.6 Å². The van der Waals surface area contributed by atoms with E-state index in [4.69, 9.17) is 4.74 Å². The van der Waals surface area contributed by atoms with Crippen molar-refractivity contribution in [1.29, 1.82) is 0 Å². The van der Waals surface area contributed by atoms with Gasteiger partial charge in [0, 0.05) is 18.9 Å². The van der Waals surface area contributed by atoms with Gasteiger partial charge >= 0.3 is 6.09 Å². The SMILES string of the molecule is CCOC(=O)NCCc1ccc(S(=O)(=O)Nc2ncc(CC)cn2)cc1. The van der Waals surface area contributed by atoms with Crippen LogP contribution >= 0.6 is 0 Å². The Bertz CT molecular complexity index is 821. The topological polar surface area (TPSA) is 110 Å². The maximum absolute atomic E-state index is 12.4. The van der Waals surface area contributed by atoms with Gasteiger partial charge in [0.05, 0.1) is 11.5 Å². The maximum Gasteiger partial charge on any atom is 0.407 e. The van der Waals surface area contributed by atoms with Crippen molar-refractivity contribution in [3.63, 3.8) is 0 Å². The number of hydrogen-bond donors (Lipinski definition) is 2. The fourth-order valence-corrected chi connectivity index (χ4v) is 3.05. The molecule has 0 aliphatic rings. The highest BCUT2D eigenvalue weighted by molar-refractivity contribution is 7.92. The summed E-state index contributed by atoms with van der Waals surface area (Å²) in [5.74, 6) is 0.0323. The second kappa shape index (κ2) is 9.14. The van der Waals surface area contributed by atoms with E-state index in [1.807, 2.05) is 6.92 Å². The van der Waals surface area contributed by atoms with E-state index in [1.165, 1.54) is 12.1 Å². The molecule has 9 heteroatoms. The number of alkyl carbamates (subject to hydrolysis) is 1. The van der Waals surface area contributed by atoms with E-state index in [-0.39, 0.29) is 10.8 Å². The Balaban J connectivity index is 1.96.